The summed E-state index contributed by atoms with van der Waals surface area (Å²) in [6, 6.07) is 15.8. The summed E-state index contributed by atoms with van der Waals surface area (Å²) in [5, 5.41) is 0.968. The number of ether oxygens (including phenoxy) is 1. The summed E-state index contributed by atoms with van der Waals surface area (Å²) in [6.45, 7) is 4.00. The first-order valence-corrected chi connectivity index (χ1v) is 10.1. The smallest absolute Gasteiger partial charge is 0.310 e. The molecular formula is C25H23FN2O3. The van der Waals surface area contributed by atoms with Crippen LogP contribution in [-0.4, -0.2) is 27.9 Å². The third kappa shape index (κ3) is 4.43. The van der Waals surface area contributed by atoms with Crippen molar-refractivity contribution in [2.24, 2.45) is 0 Å². The predicted molar refractivity (Wildman–Crippen MR) is 117 cm³/mol. The number of aromatic amines is 1. The summed E-state index contributed by atoms with van der Waals surface area (Å²) in [5.74, 6) is -0.973. The second-order valence-electron chi connectivity index (χ2n) is 7.62. The third-order valence-corrected chi connectivity index (χ3v) is 5.50. The molecule has 6 heteroatoms. The number of carbonyl (C=O) groups excluding carboxylic acids is 2. The molecule has 31 heavy (non-hydrogen) atoms. The standard InChI is InChI=1S/C25H23FN2O3/c1-16-11-22(17(2)28(16)14-18-7-9-20(26)10-8-18)24(29)15-31-25(30)12-19-13-27-23-6-4-3-5-21(19)23/h3-11,13,27H,12,14-15H2,1-2H3. The van der Waals surface area contributed by atoms with Crippen LogP contribution in [0.25, 0.3) is 10.9 Å². The summed E-state index contributed by atoms with van der Waals surface area (Å²) in [4.78, 5) is 28.1. The van der Waals surface area contributed by atoms with E-state index in [9.17, 15) is 14.0 Å². The molecule has 0 bridgehead atoms. The van der Waals surface area contributed by atoms with Crippen LogP contribution >= 0.6 is 0 Å². The molecule has 0 unspecified atom stereocenters. The Morgan fingerprint density at radius 1 is 1.06 bits per heavy atom. The number of aryl methyl sites for hydroxylation is 1. The molecule has 0 aliphatic rings. The van der Waals surface area contributed by atoms with Crippen LogP contribution in [0.4, 0.5) is 4.39 Å². The molecule has 2 aromatic carbocycles. The number of fused-ring (bicyclic) bond motifs is 1. The van der Waals surface area contributed by atoms with Crippen molar-refractivity contribution in [1.29, 1.82) is 0 Å². The van der Waals surface area contributed by atoms with Crippen LogP contribution in [0, 0.1) is 19.7 Å². The van der Waals surface area contributed by atoms with Gasteiger partial charge >= 0.3 is 5.97 Å². The lowest BCUT2D eigenvalue weighted by atomic mass is 10.1. The average molecular weight is 418 g/mol. The molecule has 0 amide bonds. The van der Waals surface area contributed by atoms with E-state index in [1.807, 2.05) is 42.7 Å². The van der Waals surface area contributed by atoms with Crippen molar-refractivity contribution in [2.75, 3.05) is 6.61 Å². The first-order chi connectivity index (χ1) is 14.9. The number of para-hydroxylation sites is 1. The molecule has 4 rings (SSSR count). The average Bonchev–Trinajstić information content (AvgIpc) is 3.29. The van der Waals surface area contributed by atoms with Crippen molar-refractivity contribution in [3.63, 3.8) is 0 Å². The molecule has 0 atom stereocenters. The first kappa shape index (κ1) is 20.6. The van der Waals surface area contributed by atoms with Crippen LogP contribution in [0.1, 0.15) is 32.9 Å². The van der Waals surface area contributed by atoms with E-state index in [-0.39, 0.29) is 24.6 Å². The first-order valence-electron chi connectivity index (χ1n) is 10.1. The summed E-state index contributed by atoms with van der Waals surface area (Å²) >= 11 is 0. The zero-order valence-corrected chi connectivity index (χ0v) is 17.4. The van der Waals surface area contributed by atoms with Gasteiger partial charge in [0.1, 0.15) is 5.82 Å². The van der Waals surface area contributed by atoms with Gasteiger partial charge in [0.2, 0.25) is 5.78 Å². The highest BCUT2D eigenvalue weighted by Crippen LogP contribution is 2.20. The van der Waals surface area contributed by atoms with E-state index < -0.39 is 5.97 Å². The van der Waals surface area contributed by atoms with Gasteiger partial charge in [-0.1, -0.05) is 30.3 Å². The number of rotatable bonds is 7. The number of esters is 1. The van der Waals surface area contributed by atoms with Crippen LogP contribution < -0.4 is 0 Å². The highest BCUT2D eigenvalue weighted by Gasteiger charge is 2.18. The zero-order valence-electron chi connectivity index (χ0n) is 17.4. The number of Topliss-reactive ketones (excluding diaryl/α,β-unsaturated/α-hetero) is 1. The number of hydrogen-bond donors (Lipinski definition) is 1. The van der Waals surface area contributed by atoms with Gasteiger partial charge in [-0.3, -0.25) is 9.59 Å². The largest absolute Gasteiger partial charge is 0.457 e. The minimum absolute atomic E-state index is 0.0981. The number of hydrogen-bond acceptors (Lipinski definition) is 3. The molecule has 5 nitrogen and oxygen atoms in total. The van der Waals surface area contributed by atoms with Crippen LogP contribution in [0.2, 0.25) is 0 Å². The van der Waals surface area contributed by atoms with Gasteiger partial charge in [0.15, 0.2) is 6.61 Å². The molecule has 1 N–H and O–H groups in total. The summed E-state index contributed by atoms with van der Waals surface area (Å²) in [6.07, 6.45) is 1.89. The lowest BCUT2D eigenvalue weighted by Crippen LogP contribution is -2.16. The zero-order chi connectivity index (χ0) is 22.0. The molecule has 0 fully saturated rings. The maximum absolute atomic E-state index is 13.1. The van der Waals surface area contributed by atoms with E-state index in [1.54, 1.807) is 24.4 Å². The summed E-state index contributed by atoms with van der Waals surface area (Å²) in [7, 11) is 0. The number of H-pyrrole nitrogens is 1. The monoisotopic (exact) mass is 418 g/mol. The van der Waals surface area contributed by atoms with E-state index in [0.29, 0.717) is 12.1 Å². The molecule has 0 radical (unpaired) electrons. The number of carbonyl (C=O) groups is 2. The molecule has 0 saturated carbocycles. The Morgan fingerprint density at radius 3 is 2.58 bits per heavy atom. The van der Waals surface area contributed by atoms with Crippen molar-refractivity contribution in [2.45, 2.75) is 26.8 Å². The van der Waals surface area contributed by atoms with Crippen molar-refractivity contribution < 1.29 is 18.7 Å². The topological polar surface area (TPSA) is 64.1 Å². The summed E-state index contributed by atoms with van der Waals surface area (Å²) in [5.41, 5.74) is 4.96. The fraction of sp³-hybridized carbons (Fsp3) is 0.200. The van der Waals surface area contributed by atoms with Gasteiger partial charge in [-0.25, -0.2) is 4.39 Å². The van der Waals surface area contributed by atoms with Crippen molar-refractivity contribution in [3.8, 4) is 0 Å². The Kier molecular flexibility index (Phi) is 5.71. The van der Waals surface area contributed by atoms with E-state index >= 15 is 0 Å². The van der Waals surface area contributed by atoms with E-state index in [2.05, 4.69) is 4.98 Å². The Hall–Kier alpha value is -3.67. The Morgan fingerprint density at radius 2 is 1.81 bits per heavy atom. The van der Waals surface area contributed by atoms with Crippen LogP contribution in [0.3, 0.4) is 0 Å². The number of benzene rings is 2. The van der Waals surface area contributed by atoms with E-state index in [1.165, 1.54) is 12.1 Å². The van der Waals surface area contributed by atoms with E-state index in [4.69, 9.17) is 4.74 Å². The molecule has 0 aliphatic carbocycles. The predicted octanol–water partition coefficient (Wildman–Crippen LogP) is 4.74. The van der Waals surface area contributed by atoms with Crippen LogP contribution in [0.15, 0.2) is 60.8 Å². The van der Waals surface area contributed by atoms with Crippen LogP contribution in [0.5, 0.6) is 0 Å². The van der Waals surface area contributed by atoms with Gasteiger partial charge in [-0.05, 0) is 49.2 Å². The number of ketones is 1. The van der Waals surface area contributed by atoms with Gasteiger partial charge in [0.05, 0.1) is 6.42 Å². The third-order valence-electron chi connectivity index (χ3n) is 5.50. The van der Waals surface area contributed by atoms with E-state index in [0.717, 1.165) is 33.4 Å². The fourth-order valence-electron chi connectivity index (χ4n) is 3.81. The van der Waals surface area contributed by atoms with Crippen molar-refractivity contribution in [1.82, 2.24) is 9.55 Å². The highest BCUT2D eigenvalue weighted by atomic mass is 19.1. The summed E-state index contributed by atoms with van der Waals surface area (Å²) < 4.78 is 20.4. The molecule has 158 valence electrons. The number of aromatic nitrogens is 2. The molecule has 0 aliphatic heterocycles. The lowest BCUT2D eigenvalue weighted by Gasteiger charge is -2.10. The Bertz CT molecular complexity index is 1250. The van der Waals surface area contributed by atoms with Gasteiger partial charge in [0.25, 0.3) is 0 Å². The fourth-order valence-corrected chi connectivity index (χ4v) is 3.81. The second kappa shape index (κ2) is 8.60. The molecule has 0 spiro atoms. The number of nitrogens with zero attached hydrogens (tertiary/aromatic N) is 1. The van der Waals surface area contributed by atoms with Gasteiger partial charge in [-0.2, -0.15) is 0 Å². The Labute approximate surface area is 179 Å². The maximum Gasteiger partial charge on any atom is 0.310 e. The molecule has 0 saturated heterocycles. The normalized spacial score (nSPS) is 11.1. The minimum atomic E-state index is -0.446. The lowest BCUT2D eigenvalue weighted by molar-refractivity contribution is -0.141. The van der Waals surface area contributed by atoms with Crippen molar-refractivity contribution >= 4 is 22.7 Å². The van der Waals surface area contributed by atoms with Gasteiger partial charge in [0, 0.05) is 40.6 Å². The van der Waals surface area contributed by atoms with Crippen LogP contribution in [-0.2, 0) is 22.5 Å². The molecule has 2 aromatic heterocycles. The number of halogens is 1. The molecule has 4 aromatic rings. The minimum Gasteiger partial charge on any atom is -0.457 e. The SMILES string of the molecule is Cc1cc(C(=O)COC(=O)Cc2c[nH]c3ccccc23)c(C)n1Cc1ccc(F)cc1. The van der Waals surface area contributed by atoms with Gasteiger partial charge in [-0.15, -0.1) is 0 Å². The number of nitrogens with one attached hydrogen (secondary N) is 1. The van der Waals surface area contributed by atoms with Crippen molar-refractivity contribution in [3.05, 3.63) is 94.7 Å². The second-order valence-corrected chi connectivity index (χ2v) is 7.62. The quantitative estimate of drug-likeness (QED) is 0.348. The Balaban J connectivity index is 1.40. The highest BCUT2D eigenvalue weighted by molar-refractivity contribution is 5.99. The maximum atomic E-state index is 13.1. The molecular weight excluding hydrogens is 395 g/mol. The van der Waals surface area contributed by atoms with Gasteiger partial charge < -0.3 is 14.3 Å². The molecule has 2 heterocycles.